The molecule has 0 aliphatic rings. The molecule has 0 spiro atoms. The molecule has 0 saturated carbocycles. The Kier molecular flexibility index (Phi) is 3.16. The van der Waals surface area contributed by atoms with Crippen LogP contribution in [0.1, 0.15) is 32.4 Å². The van der Waals surface area contributed by atoms with Crippen molar-refractivity contribution in [3.05, 3.63) is 42.1 Å². The molecule has 17 heavy (non-hydrogen) atoms. The molecule has 0 aliphatic carbocycles. The summed E-state index contributed by atoms with van der Waals surface area (Å²) in [6.45, 7) is 6.75. The molecule has 0 radical (unpaired) electrons. The maximum atomic E-state index is 4.35. The van der Waals surface area contributed by atoms with E-state index in [4.69, 9.17) is 0 Å². The second kappa shape index (κ2) is 4.46. The van der Waals surface area contributed by atoms with Gasteiger partial charge in [-0.3, -0.25) is 4.98 Å². The largest absolute Gasteiger partial charge is 0.313 e. The predicted molar refractivity (Wildman–Crippen MR) is 73.0 cm³/mol. The van der Waals surface area contributed by atoms with Gasteiger partial charge < -0.3 is 5.32 Å². The van der Waals surface area contributed by atoms with Crippen LogP contribution in [0.4, 0.5) is 0 Å². The molecule has 0 amide bonds. The second-order valence-corrected chi connectivity index (χ2v) is 5.54. The fourth-order valence-corrected chi connectivity index (χ4v) is 2.37. The van der Waals surface area contributed by atoms with E-state index in [9.17, 15) is 0 Å². The quantitative estimate of drug-likeness (QED) is 0.850. The SMILES string of the molecule is CNC(c1ccc2ncccc2c1)C(C)(C)C. The summed E-state index contributed by atoms with van der Waals surface area (Å²) < 4.78 is 0. The highest BCUT2D eigenvalue weighted by atomic mass is 14.9. The summed E-state index contributed by atoms with van der Waals surface area (Å²) in [4.78, 5) is 4.35. The van der Waals surface area contributed by atoms with Gasteiger partial charge in [-0.1, -0.05) is 32.9 Å². The Morgan fingerprint density at radius 1 is 1.18 bits per heavy atom. The van der Waals surface area contributed by atoms with Crippen molar-refractivity contribution >= 4 is 10.9 Å². The third kappa shape index (κ3) is 2.47. The minimum atomic E-state index is 0.199. The van der Waals surface area contributed by atoms with Gasteiger partial charge in [0.1, 0.15) is 0 Å². The maximum absolute atomic E-state index is 4.35. The third-order valence-electron chi connectivity index (χ3n) is 3.12. The molecule has 0 saturated heterocycles. The van der Waals surface area contributed by atoms with E-state index in [1.54, 1.807) is 0 Å². The van der Waals surface area contributed by atoms with Crippen LogP contribution in [0.25, 0.3) is 10.9 Å². The molecular formula is C15H20N2. The van der Waals surface area contributed by atoms with Crippen LogP contribution >= 0.6 is 0 Å². The summed E-state index contributed by atoms with van der Waals surface area (Å²) in [5.74, 6) is 0. The van der Waals surface area contributed by atoms with Gasteiger partial charge in [0.15, 0.2) is 0 Å². The standard InChI is InChI=1S/C15H20N2/c1-15(2,3)14(16-4)12-7-8-13-11(10-12)6-5-9-17-13/h5-10,14,16H,1-4H3. The molecule has 1 aromatic heterocycles. The first-order chi connectivity index (χ1) is 8.02. The lowest BCUT2D eigenvalue weighted by Gasteiger charge is -2.31. The van der Waals surface area contributed by atoms with Gasteiger partial charge in [-0.15, -0.1) is 0 Å². The van der Waals surface area contributed by atoms with E-state index >= 15 is 0 Å². The number of nitrogens with one attached hydrogen (secondary N) is 1. The molecule has 2 heteroatoms. The van der Waals surface area contributed by atoms with E-state index in [0.29, 0.717) is 6.04 Å². The van der Waals surface area contributed by atoms with Crippen molar-refractivity contribution in [3.8, 4) is 0 Å². The van der Waals surface area contributed by atoms with Crippen LogP contribution < -0.4 is 5.32 Å². The van der Waals surface area contributed by atoms with Gasteiger partial charge in [0.05, 0.1) is 5.52 Å². The fourth-order valence-electron chi connectivity index (χ4n) is 2.37. The summed E-state index contributed by atoms with van der Waals surface area (Å²) in [5, 5.41) is 4.61. The van der Waals surface area contributed by atoms with Gasteiger partial charge in [-0.25, -0.2) is 0 Å². The first kappa shape index (κ1) is 12.1. The monoisotopic (exact) mass is 228 g/mol. The average molecular weight is 228 g/mol. The predicted octanol–water partition coefficient (Wildman–Crippen LogP) is 3.54. The Labute approximate surface area is 103 Å². The number of fused-ring (bicyclic) bond motifs is 1. The molecule has 1 aromatic carbocycles. The van der Waals surface area contributed by atoms with Crippen LogP contribution in [0.5, 0.6) is 0 Å². The maximum Gasteiger partial charge on any atom is 0.0702 e. The molecule has 1 atom stereocenters. The van der Waals surface area contributed by atoms with Crippen molar-refractivity contribution in [2.75, 3.05) is 7.05 Å². The minimum Gasteiger partial charge on any atom is -0.313 e. The molecule has 0 aliphatic heterocycles. The van der Waals surface area contributed by atoms with Crippen molar-refractivity contribution < 1.29 is 0 Å². The third-order valence-corrected chi connectivity index (χ3v) is 3.12. The number of nitrogens with zero attached hydrogens (tertiary/aromatic N) is 1. The number of hydrogen-bond acceptors (Lipinski definition) is 2. The number of hydrogen-bond donors (Lipinski definition) is 1. The van der Waals surface area contributed by atoms with Crippen molar-refractivity contribution in [3.63, 3.8) is 0 Å². The van der Waals surface area contributed by atoms with Gasteiger partial charge >= 0.3 is 0 Å². The fraction of sp³-hybridized carbons (Fsp3) is 0.400. The van der Waals surface area contributed by atoms with Crippen molar-refractivity contribution in [2.45, 2.75) is 26.8 Å². The Balaban J connectivity index is 2.48. The molecule has 90 valence electrons. The zero-order chi connectivity index (χ0) is 12.5. The van der Waals surface area contributed by atoms with Crippen molar-refractivity contribution in [1.29, 1.82) is 0 Å². The lowest BCUT2D eigenvalue weighted by Crippen LogP contribution is -2.29. The van der Waals surface area contributed by atoms with Gasteiger partial charge in [-0.2, -0.15) is 0 Å². The summed E-state index contributed by atoms with van der Waals surface area (Å²) in [7, 11) is 2.02. The number of aromatic nitrogens is 1. The zero-order valence-corrected chi connectivity index (χ0v) is 11.0. The lowest BCUT2D eigenvalue weighted by atomic mass is 9.82. The Hall–Kier alpha value is -1.41. The normalized spacial score (nSPS) is 13.9. The molecule has 0 fully saturated rings. The van der Waals surface area contributed by atoms with E-state index in [0.717, 1.165) is 5.52 Å². The van der Waals surface area contributed by atoms with Crippen LogP contribution in [0.3, 0.4) is 0 Å². The summed E-state index contributed by atoms with van der Waals surface area (Å²) in [6.07, 6.45) is 1.83. The van der Waals surface area contributed by atoms with Crippen molar-refractivity contribution in [1.82, 2.24) is 10.3 Å². The summed E-state index contributed by atoms with van der Waals surface area (Å²) in [6, 6.07) is 10.9. The van der Waals surface area contributed by atoms with E-state index in [1.165, 1.54) is 10.9 Å². The van der Waals surface area contributed by atoms with Crippen molar-refractivity contribution in [2.24, 2.45) is 5.41 Å². The summed E-state index contributed by atoms with van der Waals surface area (Å²) >= 11 is 0. The molecule has 1 unspecified atom stereocenters. The van der Waals surface area contributed by atoms with Gasteiger partial charge in [0.25, 0.3) is 0 Å². The number of pyridine rings is 1. The van der Waals surface area contributed by atoms with Gasteiger partial charge in [0.2, 0.25) is 0 Å². The van der Waals surface area contributed by atoms with Crippen LogP contribution in [0.15, 0.2) is 36.5 Å². The Morgan fingerprint density at radius 3 is 2.59 bits per heavy atom. The zero-order valence-electron chi connectivity index (χ0n) is 11.0. The molecule has 2 rings (SSSR count). The lowest BCUT2D eigenvalue weighted by molar-refractivity contribution is 0.287. The van der Waals surface area contributed by atoms with Gasteiger partial charge in [0, 0.05) is 17.6 Å². The molecule has 0 bridgehead atoms. The second-order valence-electron chi connectivity index (χ2n) is 5.54. The van der Waals surface area contributed by atoms with Crippen LogP contribution in [-0.2, 0) is 0 Å². The minimum absolute atomic E-state index is 0.199. The first-order valence-corrected chi connectivity index (χ1v) is 6.04. The number of benzene rings is 1. The Morgan fingerprint density at radius 2 is 1.94 bits per heavy atom. The molecule has 1 heterocycles. The van der Waals surface area contributed by atoms with Crippen LogP contribution in [-0.4, -0.2) is 12.0 Å². The van der Waals surface area contributed by atoms with E-state index in [2.05, 4.69) is 55.3 Å². The topological polar surface area (TPSA) is 24.9 Å². The molecule has 2 aromatic rings. The van der Waals surface area contributed by atoms with Gasteiger partial charge in [-0.05, 0) is 36.2 Å². The van der Waals surface area contributed by atoms with Crippen LogP contribution in [0, 0.1) is 5.41 Å². The average Bonchev–Trinajstić information content (AvgIpc) is 2.28. The highest BCUT2D eigenvalue weighted by Crippen LogP contribution is 2.33. The molecular weight excluding hydrogens is 208 g/mol. The summed E-state index contributed by atoms with van der Waals surface area (Å²) in [5.41, 5.74) is 2.57. The first-order valence-electron chi connectivity index (χ1n) is 6.04. The van der Waals surface area contributed by atoms with Crippen LogP contribution in [0.2, 0.25) is 0 Å². The van der Waals surface area contributed by atoms with E-state index < -0.39 is 0 Å². The molecule has 1 N–H and O–H groups in total. The highest BCUT2D eigenvalue weighted by molar-refractivity contribution is 5.79. The van der Waals surface area contributed by atoms with E-state index in [-0.39, 0.29) is 5.41 Å². The van der Waals surface area contributed by atoms with E-state index in [1.807, 2.05) is 19.3 Å². The Bertz CT molecular complexity index is 512. The smallest absolute Gasteiger partial charge is 0.0702 e. The highest BCUT2D eigenvalue weighted by Gasteiger charge is 2.24. The number of rotatable bonds is 2. The molecule has 2 nitrogen and oxygen atoms in total.